The molecule has 0 saturated carbocycles. The highest BCUT2D eigenvalue weighted by Crippen LogP contribution is 2.25. The minimum Gasteiger partial charge on any atom is -0.441 e. The molecule has 146 valence electrons. The molecule has 0 radical (unpaired) electrons. The van der Waals surface area contributed by atoms with Gasteiger partial charge in [0.25, 0.3) is 0 Å². The fraction of sp³-hybridized carbons (Fsp3) is 0.526. The normalized spacial score (nSPS) is 18.2. The van der Waals surface area contributed by atoms with Crippen LogP contribution in [-0.2, 0) is 5.41 Å². The van der Waals surface area contributed by atoms with Crippen LogP contribution >= 0.6 is 11.3 Å². The summed E-state index contributed by atoms with van der Waals surface area (Å²) in [6.07, 6.45) is 8.99. The van der Waals surface area contributed by atoms with E-state index in [-0.39, 0.29) is 24.0 Å². The molecule has 1 unspecified atom stereocenters. The molecule has 7 nitrogen and oxygen atoms in total. The number of likely N-dealkylation sites (tertiary alicyclic amines) is 1. The number of carbonyl (C=O) groups excluding carboxylic acids is 1. The van der Waals surface area contributed by atoms with Crippen molar-refractivity contribution in [1.82, 2.24) is 14.9 Å². The molecule has 0 aromatic carbocycles. The largest absolute Gasteiger partial charge is 0.441 e. The number of nitrogens with zero attached hydrogens (tertiary/aromatic N) is 3. The zero-order chi connectivity index (χ0) is 19.4. The summed E-state index contributed by atoms with van der Waals surface area (Å²) in [7, 11) is 0. The van der Waals surface area contributed by atoms with E-state index in [2.05, 4.69) is 36.1 Å². The number of aliphatic hydroxyl groups excluding tert-OH is 1. The maximum Gasteiger partial charge on any atom is 0.323 e. The number of oxazole rings is 1. The van der Waals surface area contributed by atoms with Crippen LogP contribution in [0.1, 0.15) is 50.1 Å². The highest BCUT2D eigenvalue weighted by molar-refractivity contribution is 7.16. The number of thiazole rings is 1. The van der Waals surface area contributed by atoms with Gasteiger partial charge in [-0.3, -0.25) is 5.32 Å². The Morgan fingerprint density at radius 2 is 2.22 bits per heavy atom. The molecule has 0 aliphatic carbocycles. The zero-order valence-electron chi connectivity index (χ0n) is 15.9. The van der Waals surface area contributed by atoms with Crippen LogP contribution in [0.5, 0.6) is 0 Å². The third-order valence-corrected chi connectivity index (χ3v) is 5.33. The molecule has 1 atom stereocenters. The lowest BCUT2D eigenvalue weighted by Crippen LogP contribution is -2.43. The van der Waals surface area contributed by atoms with Crippen molar-refractivity contribution in [2.45, 2.75) is 39.0 Å². The lowest BCUT2D eigenvalue weighted by molar-refractivity contribution is 0.136. The zero-order valence-corrected chi connectivity index (χ0v) is 16.8. The first-order valence-electron chi connectivity index (χ1n) is 9.12. The number of nitrogens with one attached hydrogen (secondary N) is 1. The first-order chi connectivity index (χ1) is 12.8. The van der Waals surface area contributed by atoms with E-state index in [9.17, 15) is 9.90 Å². The second-order valence-corrected chi connectivity index (χ2v) is 8.84. The molecule has 1 saturated heterocycles. The van der Waals surface area contributed by atoms with Crippen LogP contribution in [0.4, 0.5) is 9.93 Å². The average Bonchev–Trinajstić information content (AvgIpc) is 3.29. The third kappa shape index (κ3) is 5.17. The van der Waals surface area contributed by atoms with Crippen LogP contribution in [0.25, 0.3) is 12.2 Å². The summed E-state index contributed by atoms with van der Waals surface area (Å²) in [4.78, 5) is 23.5. The Morgan fingerprint density at radius 1 is 1.41 bits per heavy atom. The van der Waals surface area contributed by atoms with E-state index in [1.807, 2.05) is 6.08 Å². The predicted octanol–water partition coefficient (Wildman–Crippen LogP) is 3.84. The van der Waals surface area contributed by atoms with E-state index in [0.29, 0.717) is 24.1 Å². The Bertz CT molecular complexity index is 806. The summed E-state index contributed by atoms with van der Waals surface area (Å²) in [6.45, 7) is 7.63. The summed E-state index contributed by atoms with van der Waals surface area (Å²) in [6, 6.07) is -0.166. The molecule has 1 aliphatic rings. The Hall–Kier alpha value is -2.19. The molecule has 2 amide bonds. The third-order valence-electron chi connectivity index (χ3n) is 4.45. The van der Waals surface area contributed by atoms with E-state index >= 15 is 0 Å². The van der Waals surface area contributed by atoms with E-state index < -0.39 is 0 Å². The predicted molar refractivity (Wildman–Crippen MR) is 107 cm³/mol. The number of aromatic nitrogens is 2. The Labute approximate surface area is 163 Å². The van der Waals surface area contributed by atoms with Gasteiger partial charge in [0.15, 0.2) is 5.13 Å². The van der Waals surface area contributed by atoms with Crippen LogP contribution in [-0.4, -0.2) is 45.7 Å². The average molecular weight is 391 g/mol. The molecule has 3 rings (SSSR count). The molecular weight excluding hydrogens is 364 g/mol. The van der Waals surface area contributed by atoms with Gasteiger partial charge < -0.3 is 14.4 Å². The fourth-order valence-corrected chi connectivity index (χ4v) is 3.56. The fourth-order valence-electron chi connectivity index (χ4n) is 2.86. The topological polar surface area (TPSA) is 91.5 Å². The van der Waals surface area contributed by atoms with Crippen LogP contribution < -0.4 is 5.32 Å². The number of aliphatic hydroxyl groups is 1. The smallest absolute Gasteiger partial charge is 0.323 e. The molecule has 2 N–H and O–H groups in total. The molecule has 27 heavy (non-hydrogen) atoms. The van der Waals surface area contributed by atoms with Crippen LogP contribution in [0.2, 0.25) is 0 Å². The van der Waals surface area contributed by atoms with Crippen LogP contribution in [0.15, 0.2) is 16.8 Å². The maximum absolute atomic E-state index is 12.4. The van der Waals surface area contributed by atoms with Crippen LogP contribution in [0.3, 0.4) is 0 Å². The number of piperidine rings is 1. The van der Waals surface area contributed by atoms with Crippen molar-refractivity contribution in [1.29, 1.82) is 0 Å². The van der Waals surface area contributed by atoms with Crippen molar-refractivity contribution in [2.24, 2.45) is 5.92 Å². The van der Waals surface area contributed by atoms with Crippen molar-refractivity contribution < 1.29 is 14.3 Å². The summed E-state index contributed by atoms with van der Waals surface area (Å²) in [5.41, 5.74) is -0.0789. The molecule has 2 aromatic rings. The molecule has 3 heterocycles. The van der Waals surface area contributed by atoms with Gasteiger partial charge in [0.2, 0.25) is 5.89 Å². The van der Waals surface area contributed by atoms with Gasteiger partial charge in [-0.25, -0.2) is 14.8 Å². The van der Waals surface area contributed by atoms with Crippen LogP contribution in [0, 0.1) is 5.92 Å². The van der Waals surface area contributed by atoms with Gasteiger partial charge >= 0.3 is 6.03 Å². The standard InChI is InChI=1S/C19H26N4O3S/c1-19(2,3)15-10-20-16(26-15)7-6-14-9-21-17(27-14)22-18(25)23-8-4-5-13(11-23)12-24/h6-7,9-10,13,24H,4-5,8,11-12H2,1-3H3,(H,21,22,25). The van der Waals surface area contributed by atoms with Gasteiger partial charge in [0.1, 0.15) is 5.76 Å². The van der Waals surface area contributed by atoms with Crippen molar-refractivity contribution in [3.8, 4) is 0 Å². The van der Waals surface area contributed by atoms with Crippen molar-refractivity contribution in [3.05, 3.63) is 28.9 Å². The Morgan fingerprint density at radius 3 is 2.93 bits per heavy atom. The van der Waals surface area contributed by atoms with Gasteiger partial charge in [-0.2, -0.15) is 0 Å². The van der Waals surface area contributed by atoms with E-state index in [1.165, 1.54) is 11.3 Å². The maximum atomic E-state index is 12.4. The van der Waals surface area contributed by atoms with Gasteiger partial charge in [0, 0.05) is 42.3 Å². The Balaban J connectivity index is 1.58. The lowest BCUT2D eigenvalue weighted by Gasteiger charge is -2.31. The number of rotatable bonds is 4. The monoisotopic (exact) mass is 390 g/mol. The molecule has 1 aliphatic heterocycles. The highest BCUT2D eigenvalue weighted by atomic mass is 32.1. The lowest BCUT2D eigenvalue weighted by atomic mass is 9.94. The summed E-state index contributed by atoms with van der Waals surface area (Å²) in [5, 5.41) is 12.7. The molecule has 1 fully saturated rings. The minimum absolute atomic E-state index is 0.0789. The second kappa shape index (κ2) is 8.22. The van der Waals surface area contributed by atoms with Crippen molar-refractivity contribution in [3.63, 3.8) is 0 Å². The minimum atomic E-state index is -0.166. The highest BCUT2D eigenvalue weighted by Gasteiger charge is 2.23. The quantitative estimate of drug-likeness (QED) is 0.828. The van der Waals surface area contributed by atoms with Gasteiger partial charge in [0.05, 0.1) is 6.20 Å². The molecular formula is C19H26N4O3S. The van der Waals surface area contributed by atoms with Crippen molar-refractivity contribution in [2.75, 3.05) is 25.0 Å². The molecule has 0 bridgehead atoms. The number of hydrogen-bond acceptors (Lipinski definition) is 6. The first kappa shape index (κ1) is 19.6. The molecule has 8 heteroatoms. The molecule has 2 aromatic heterocycles. The SMILES string of the molecule is CC(C)(C)c1cnc(C=Cc2cnc(NC(=O)N3CCCC(CO)C3)s2)o1. The van der Waals surface area contributed by atoms with E-state index in [0.717, 1.165) is 23.5 Å². The molecule has 0 spiro atoms. The number of hydrogen-bond donors (Lipinski definition) is 2. The Kier molecular flexibility index (Phi) is 5.96. The summed E-state index contributed by atoms with van der Waals surface area (Å²) >= 11 is 1.39. The first-order valence-corrected chi connectivity index (χ1v) is 9.94. The van der Waals surface area contributed by atoms with Gasteiger partial charge in [-0.05, 0) is 24.8 Å². The number of urea groups is 1. The van der Waals surface area contributed by atoms with Gasteiger partial charge in [-0.1, -0.05) is 32.1 Å². The number of carbonyl (C=O) groups is 1. The van der Waals surface area contributed by atoms with Crippen molar-refractivity contribution >= 4 is 34.7 Å². The number of amides is 2. The van der Waals surface area contributed by atoms with E-state index in [4.69, 9.17) is 4.42 Å². The second-order valence-electron chi connectivity index (χ2n) is 7.78. The summed E-state index contributed by atoms with van der Waals surface area (Å²) < 4.78 is 5.73. The van der Waals surface area contributed by atoms with Gasteiger partial charge in [-0.15, -0.1) is 0 Å². The number of anilines is 1. The van der Waals surface area contributed by atoms with E-state index in [1.54, 1.807) is 23.4 Å². The summed E-state index contributed by atoms with van der Waals surface area (Å²) in [5.74, 6) is 1.54.